The summed E-state index contributed by atoms with van der Waals surface area (Å²) in [4.78, 5) is 25.6. The minimum Gasteiger partial charge on any atom is -0.486 e. The molecule has 3 aromatic heterocycles. The van der Waals surface area contributed by atoms with E-state index in [4.69, 9.17) is 19.7 Å². The summed E-state index contributed by atoms with van der Waals surface area (Å²) in [7, 11) is 0. The van der Waals surface area contributed by atoms with E-state index in [0.717, 1.165) is 60.1 Å². The molecule has 5 aromatic rings. The van der Waals surface area contributed by atoms with Crippen molar-refractivity contribution in [2.45, 2.75) is 38.6 Å². The molecule has 1 atom stereocenters. The van der Waals surface area contributed by atoms with Crippen LogP contribution in [0.15, 0.2) is 64.1 Å². The Morgan fingerprint density at radius 3 is 2.76 bits per heavy atom. The molecular weight excluding hydrogens is 584 g/mol. The van der Waals surface area contributed by atoms with E-state index in [2.05, 4.69) is 35.2 Å². The molecule has 5 heterocycles. The Kier molecular flexibility index (Phi) is 7.66. The maximum atomic E-state index is 14.6. The van der Waals surface area contributed by atoms with Crippen molar-refractivity contribution < 1.29 is 22.8 Å². The molecule has 2 aliphatic heterocycles. The van der Waals surface area contributed by atoms with Crippen molar-refractivity contribution in [3.63, 3.8) is 0 Å². The molecule has 2 aliphatic rings. The van der Waals surface area contributed by atoms with Crippen molar-refractivity contribution in [1.29, 1.82) is 5.26 Å². The Morgan fingerprint density at radius 1 is 1.16 bits per heavy atom. The summed E-state index contributed by atoms with van der Waals surface area (Å²) in [6.07, 6.45) is 5.66. The SMILES string of the molecule is N#Cc1ccc(COc2cc(C3=CCN(Cc4nc5cc(-c6noc(=O)[nH]6)ncc5n4CC4CCO4)CC3)ccc2F)c(F)c1. The van der Waals surface area contributed by atoms with Crippen LogP contribution in [-0.4, -0.2) is 55.4 Å². The average Bonchev–Trinajstić information content (AvgIpc) is 3.61. The highest BCUT2D eigenvalue weighted by atomic mass is 19.1. The first kappa shape index (κ1) is 28.6. The van der Waals surface area contributed by atoms with Gasteiger partial charge in [-0.3, -0.25) is 19.4 Å². The van der Waals surface area contributed by atoms with Gasteiger partial charge in [0, 0.05) is 25.3 Å². The molecule has 0 saturated carbocycles. The molecule has 1 unspecified atom stereocenters. The van der Waals surface area contributed by atoms with E-state index in [9.17, 15) is 13.6 Å². The number of fused-ring (bicyclic) bond motifs is 1. The fraction of sp³-hybridized carbons (Fsp3) is 0.281. The summed E-state index contributed by atoms with van der Waals surface area (Å²) in [5, 5.41) is 12.7. The lowest BCUT2D eigenvalue weighted by Crippen LogP contribution is -2.33. The van der Waals surface area contributed by atoms with Crippen LogP contribution in [0.2, 0.25) is 0 Å². The average molecular weight is 612 g/mol. The molecule has 45 heavy (non-hydrogen) atoms. The maximum absolute atomic E-state index is 14.6. The van der Waals surface area contributed by atoms with Crippen molar-refractivity contribution in [2.24, 2.45) is 0 Å². The summed E-state index contributed by atoms with van der Waals surface area (Å²) < 4.78 is 47.0. The minimum atomic E-state index is -0.652. The van der Waals surface area contributed by atoms with E-state index in [1.165, 1.54) is 18.2 Å². The first-order valence-electron chi connectivity index (χ1n) is 14.5. The number of imidazole rings is 1. The van der Waals surface area contributed by atoms with E-state index in [1.807, 2.05) is 6.07 Å². The van der Waals surface area contributed by atoms with Crippen LogP contribution in [-0.2, 0) is 24.4 Å². The number of ether oxygens (including phenoxy) is 2. The van der Waals surface area contributed by atoms with Gasteiger partial charge in [0.25, 0.3) is 0 Å². The van der Waals surface area contributed by atoms with Crippen molar-refractivity contribution in [2.75, 3.05) is 19.7 Å². The summed E-state index contributed by atoms with van der Waals surface area (Å²) in [5.41, 5.74) is 4.40. The topological polar surface area (TPSA) is 135 Å². The van der Waals surface area contributed by atoms with Crippen molar-refractivity contribution in [1.82, 2.24) is 29.6 Å². The minimum absolute atomic E-state index is 0.0363. The van der Waals surface area contributed by atoms with Crippen LogP contribution in [0.25, 0.3) is 28.1 Å². The van der Waals surface area contributed by atoms with Crippen LogP contribution in [0, 0.1) is 23.0 Å². The lowest BCUT2D eigenvalue weighted by Gasteiger charge is -2.29. The Morgan fingerprint density at radius 2 is 2.04 bits per heavy atom. The molecule has 0 aliphatic carbocycles. The molecule has 1 saturated heterocycles. The van der Waals surface area contributed by atoms with Gasteiger partial charge in [-0.05, 0) is 54.3 Å². The second kappa shape index (κ2) is 12.1. The van der Waals surface area contributed by atoms with E-state index in [-0.39, 0.29) is 35.4 Å². The van der Waals surface area contributed by atoms with Gasteiger partial charge < -0.3 is 14.0 Å². The van der Waals surface area contributed by atoms with Crippen LogP contribution in [0.5, 0.6) is 5.75 Å². The monoisotopic (exact) mass is 611 g/mol. The third kappa shape index (κ3) is 5.98. The highest BCUT2D eigenvalue weighted by Gasteiger charge is 2.24. The molecule has 2 aromatic carbocycles. The summed E-state index contributed by atoms with van der Waals surface area (Å²) in [6.45, 7) is 3.25. The largest absolute Gasteiger partial charge is 0.486 e. The van der Waals surface area contributed by atoms with E-state index in [1.54, 1.807) is 24.4 Å². The van der Waals surface area contributed by atoms with Gasteiger partial charge in [0.15, 0.2) is 11.6 Å². The Balaban J connectivity index is 1.07. The third-order valence-electron chi connectivity index (χ3n) is 8.10. The fourth-order valence-electron chi connectivity index (χ4n) is 5.52. The van der Waals surface area contributed by atoms with Gasteiger partial charge in [-0.2, -0.15) is 5.26 Å². The fourth-order valence-corrected chi connectivity index (χ4v) is 5.52. The van der Waals surface area contributed by atoms with Crippen LogP contribution >= 0.6 is 0 Å². The van der Waals surface area contributed by atoms with Gasteiger partial charge in [-0.25, -0.2) is 18.6 Å². The molecule has 7 rings (SSSR count). The van der Waals surface area contributed by atoms with Crippen LogP contribution < -0.4 is 10.5 Å². The summed E-state index contributed by atoms with van der Waals surface area (Å²) in [6, 6.07) is 12.5. The predicted molar refractivity (Wildman–Crippen MR) is 158 cm³/mol. The highest BCUT2D eigenvalue weighted by Crippen LogP contribution is 2.30. The Labute approximate surface area is 255 Å². The number of aromatic amines is 1. The number of halogens is 2. The highest BCUT2D eigenvalue weighted by molar-refractivity contribution is 5.79. The zero-order valence-electron chi connectivity index (χ0n) is 24.0. The molecule has 11 nitrogen and oxygen atoms in total. The number of nitrogens with zero attached hydrogens (tertiary/aromatic N) is 6. The molecule has 228 valence electrons. The first-order chi connectivity index (χ1) is 21.9. The zero-order valence-corrected chi connectivity index (χ0v) is 24.0. The van der Waals surface area contributed by atoms with Gasteiger partial charge in [0.05, 0.1) is 48.1 Å². The lowest BCUT2D eigenvalue weighted by molar-refractivity contribution is -0.0591. The number of nitrogens with one attached hydrogen (secondary N) is 1. The molecule has 0 spiro atoms. The first-order valence-corrected chi connectivity index (χ1v) is 14.5. The molecule has 0 amide bonds. The number of benzene rings is 2. The number of aromatic nitrogens is 5. The second-order valence-corrected chi connectivity index (χ2v) is 11.0. The van der Waals surface area contributed by atoms with Gasteiger partial charge in [0.2, 0.25) is 5.82 Å². The smallest absolute Gasteiger partial charge is 0.439 e. The van der Waals surface area contributed by atoms with Gasteiger partial charge in [0.1, 0.15) is 23.9 Å². The molecule has 0 bridgehead atoms. The number of nitriles is 1. The number of hydrogen-bond acceptors (Lipinski definition) is 9. The normalized spacial score (nSPS) is 16.7. The molecule has 1 fully saturated rings. The maximum Gasteiger partial charge on any atom is 0.439 e. The van der Waals surface area contributed by atoms with E-state index in [0.29, 0.717) is 25.3 Å². The standard InChI is InChI=1S/C32H27F2N7O4/c33-24-4-3-21(12-29(24)44-18-22-2-1-19(14-35)11-25(22)34)20-5-8-40(9-6-20)17-30-37-26-13-27(31-38-32(42)45-39-31)36-15-28(26)41(30)16-23-7-10-43-23/h1-5,11-13,15,23H,6-10,16-18H2,(H,38,39,42). The predicted octanol–water partition coefficient (Wildman–Crippen LogP) is 4.58. The summed E-state index contributed by atoms with van der Waals surface area (Å²) >= 11 is 0. The quantitative estimate of drug-likeness (QED) is 0.254. The van der Waals surface area contributed by atoms with Crippen molar-refractivity contribution >= 4 is 16.6 Å². The van der Waals surface area contributed by atoms with E-state index >= 15 is 0 Å². The number of pyridine rings is 1. The van der Waals surface area contributed by atoms with Crippen molar-refractivity contribution in [3.05, 3.63) is 99.4 Å². The molecule has 0 radical (unpaired) electrons. The van der Waals surface area contributed by atoms with Gasteiger partial charge in [-0.1, -0.05) is 23.4 Å². The van der Waals surface area contributed by atoms with Gasteiger partial charge >= 0.3 is 5.76 Å². The van der Waals surface area contributed by atoms with Crippen LogP contribution in [0.1, 0.15) is 35.4 Å². The number of rotatable bonds is 9. The number of hydrogen-bond donors (Lipinski definition) is 1. The molecule has 1 N–H and O–H groups in total. The number of H-pyrrole nitrogens is 1. The molecule has 13 heteroatoms. The lowest BCUT2D eigenvalue weighted by atomic mass is 9.99. The van der Waals surface area contributed by atoms with Crippen LogP contribution in [0.4, 0.5) is 8.78 Å². The van der Waals surface area contributed by atoms with Crippen molar-refractivity contribution in [3.8, 4) is 23.3 Å². The molecular formula is C32H27F2N7O4. The van der Waals surface area contributed by atoms with Gasteiger partial charge in [-0.15, -0.1) is 0 Å². The second-order valence-electron chi connectivity index (χ2n) is 11.0. The zero-order chi connectivity index (χ0) is 30.9. The van der Waals surface area contributed by atoms with Crippen LogP contribution in [0.3, 0.4) is 0 Å². The van der Waals surface area contributed by atoms with E-state index < -0.39 is 17.4 Å². The summed E-state index contributed by atoms with van der Waals surface area (Å²) in [5.74, 6) is -0.609. The third-order valence-corrected chi connectivity index (χ3v) is 8.10. The Hall–Kier alpha value is -5.19. The Bertz CT molecular complexity index is 2020.